The van der Waals surface area contributed by atoms with Crippen molar-refractivity contribution in [3.8, 4) is 0 Å². The first-order valence-electron chi connectivity index (χ1n) is 4.76. The number of anilines is 1. The molecule has 2 N–H and O–H groups in total. The van der Waals surface area contributed by atoms with Gasteiger partial charge in [-0.05, 0) is 12.1 Å². The lowest BCUT2D eigenvalue weighted by atomic mass is 10.4. The number of aromatic nitrogens is 4. The van der Waals surface area contributed by atoms with Crippen molar-refractivity contribution in [1.82, 2.24) is 19.7 Å². The lowest BCUT2D eigenvalue weighted by Crippen LogP contribution is -2.15. The fourth-order valence-corrected chi connectivity index (χ4v) is 2.10. The van der Waals surface area contributed by atoms with Gasteiger partial charge in [-0.3, -0.25) is 4.57 Å². The molecule has 3 aromatic heterocycles. The van der Waals surface area contributed by atoms with E-state index >= 15 is 0 Å². The van der Waals surface area contributed by atoms with Crippen LogP contribution in [0.2, 0.25) is 0 Å². The lowest BCUT2D eigenvalue weighted by Gasteiger charge is -1.95. The van der Waals surface area contributed by atoms with Crippen LogP contribution in [0.3, 0.4) is 0 Å². The summed E-state index contributed by atoms with van der Waals surface area (Å²) in [6, 6.07) is 3.40. The average Bonchev–Trinajstić information content (AvgIpc) is 2.85. The second kappa shape index (κ2) is 3.67. The van der Waals surface area contributed by atoms with Gasteiger partial charge >= 0.3 is 5.76 Å². The van der Waals surface area contributed by atoms with E-state index in [1.165, 1.54) is 15.9 Å². The summed E-state index contributed by atoms with van der Waals surface area (Å²) in [5.74, 6) is -0.465. The molecule has 3 heterocycles. The molecule has 0 atom stereocenters. The van der Waals surface area contributed by atoms with E-state index in [0.717, 1.165) is 0 Å². The fraction of sp³-hybridized carbons (Fsp3) is 0.111. The molecule has 0 bridgehead atoms. The number of hydrogen-bond donors (Lipinski definition) is 1. The van der Waals surface area contributed by atoms with Crippen LogP contribution < -0.4 is 11.5 Å². The summed E-state index contributed by atoms with van der Waals surface area (Å²) < 4.78 is 6.45. The van der Waals surface area contributed by atoms with Crippen molar-refractivity contribution in [2.45, 2.75) is 6.54 Å². The molecular formula is C9H7N5O2S. The molecule has 0 aliphatic rings. The number of oxazole rings is 1. The van der Waals surface area contributed by atoms with Gasteiger partial charge in [0, 0.05) is 6.20 Å². The number of nitrogen functional groups attached to an aromatic ring is 1. The van der Waals surface area contributed by atoms with Crippen LogP contribution >= 0.6 is 11.3 Å². The van der Waals surface area contributed by atoms with Crippen LogP contribution in [0.5, 0.6) is 0 Å². The summed E-state index contributed by atoms with van der Waals surface area (Å²) >= 11 is 1.23. The molecule has 3 rings (SSSR count). The molecule has 7 nitrogen and oxygen atoms in total. The lowest BCUT2D eigenvalue weighted by molar-refractivity contribution is 0.517. The molecule has 0 saturated carbocycles. The second-order valence-electron chi connectivity index (χ2n) is 3.31. The fourth-order valence-electron chi connectivity index (χ4n) is 1.51. The highest BCUT2D eigenvalue weighted by atomic mass is 32.1. The average molecular weight is 249 g/mol. The monoisotopic (exact) mass is 249 g/mol. The van der Waals surface area contributed by atoms with E-state index in [4.69, 9.17) is 10.2 Å². The molecule has 0 unspecified atom stereocenters. The largest absolute Gasteiger partial charge is 0.421 e. The van der Waals surface area contributed by atoms with Crippen molar-refractivity contribution in [2.24, 2.45) is 0 Å². The van der Waals surface area contributed by atoms with Crippen molar-refractivity contribution >= 4 is 27.7 Å². The summed E-state index contributed by atoms with van der Waals surface area (Å²) in [4.78, 5) is 15.7. The van der Waals surface area contributed by atoms with Gasteiger partial charge in [-0.1, -0.05) is 11.3 Å². The Morgan fingerprint density at radius 1 is 1.47 bits per heavy atom. The minimum absolute atomic E-state index is 0.262. The Morgan fingerprint density at radius 3 is 3.12 bits per heavy atom. The summed E-state index contributed by atoms with van der Waals surface area (Å²) in [6.45, 7) is 0.262. The van der Waals surface area contributed by atoms with Crippen LogP contribution in [-0.2, 0) is 6.54 Å². The maximum absolute atomic E-state index is 11.6. The third kappa shape index (κ3) is 1.68. The highest BCUT2D eigenvalue weighted by molar-refractivity contribution is 7.15. The summed E-state index contributed by atoms with van der Waals surface area (Å²) in [6.07, 6.45) is 1.60. The van der Waals surface area contributed by atoms with Gasteiger partial charge in [0.1, 0.15) is 5.01 Å². The Bertz CT molecular complexity index is 728. The Kier molecular flexibility index (Phi) is 2.15. The summed E-state index contributed by atoms with van der Waals surface area (Å²) in [7, 11) is 0. The zero-order chi connectivity index (χ0) is 11.8. The minimum atomic E-state index is -0.465. The number of hydrogen-bond acceptors (Lipinski definition) is 7. The number of rotatable bonds is 2. The SMILES string of the molecule is Nc1nnc(Cn2c(=O)oc3cccnc32)s1. The molecule has 3 aromatic rings. The van der Waals surface area contributed by atoms with Gasteiger partial charge in [-0.2, -0.15) is 0 Å². The third-order valence-electron chi connectivity index (χ3n) is 2.20. The first-order chi connectivity index (χ1) is 8.24. The second-order valence-corrected chi connectivity index (χ2v) is 4.41. The molecule has 0 saturated heterocycles. The highest BCUT2D eigenvalue weighted by Crippen LogP contribution is 2.15. The third-order valence-corrected chi connectivity index (χ3v) is 2.94. The van der Waals surface area contributed by atoms with E-state index in [9.17, 15) is 4.79 Å². The van der Waals surface area contributed by atoms with Crippen LogP contribution in [0.1, 0.15) is 5.01 Å². The molecule has 0 fully saturated rings. The number of fused-ring (bicyclic) bond motifs is 1. The van der Waals surface area contributed by atoms with Crippen LogP contribution in [0.4, 0.5) is 5.13 Å². The highest BCUT2D eigenvalue weighted by Gasteiger charge is 2.12. The molecule has 0 aliphatic heterocycles. The molecule has 17 heavy (non-hydrogen) atoms. The standard InChI is InChI=1S/C9H7N5O2S/c10-8-13-12-6(17-8)4-14-7-5(16-9(14)15)2-1-3-11-7/h1-3H,4H2,(H2,10,13). The van der Waals surface area contributed by atoms with Crippen molar-refractivity contribution in [3.63, 3.8) is 0 Å². The molecule has 0 spiro atoms. The molecule has 0 radical (unpaired) electrons. The number of nitrogens with two attached hydrogens (primary N) is 1. The Labute approximate surface area is 98.5 Å². The molecule has 0 aliphatic carbocycles. The van der Waals surface area contributed by atoms with Crippen LogP contribution in [0.25, 0.3) is 11.2 Å². The summed E-state index contributed by atoms with van der Waals surface area (Å²) in [5.41, 5.74) is 6.42. The van der Waals surface area contributed by atoms with E-state index < -0.39 is 5.76 Å². The van der Waals surface area contributed by atoms with Gasteiger partial charge in [0.2, 0.25) is 5.13 Å². The first-order valence-corrected chi connectivity index (χ1v) is 5.58. The Balaban J connectivity index is 2.11. The Morgan fingerprint density at radius 2 is 2.35 bits per heavy atom. The predicted molar refractivity (Wildman–Crippen MR) is 61.7 cm³/mol. The van der Waals surface area contributed by atoms with Crippen LogP contribution in [0.15, 0.2) is 27.5 Å². The molecule has 0 amide bonds. The predicted octanol–water partition coefficient (Wildman–Crippen LogP) is 0.471. The van der Waals surface area contributed by atoms with Gasteiger partial charge in [0.05, 0.1) is 6.54 Å². The van der Waals surface area contributed by atoms with Gasteiger partial charge in [0.25, 0.3) is 0 Å². The van der Waals surface area contributed by atoms with Crippen molar-refractivity contribution in [1.29, 1.82) is 0 Å². The van der Waals surface area contributed by atoms with E-state index in [0.29, 0.717) is 21.4 Å². The summed E-state index contributed by atoms with van der Waals surface area (Å²) in [5, 5.41) is 8.55. The van der Waals surface area contributed by atoms with E-state index in [2.05, 4.69) is 15.2 Å². The maximum Gasteiger partial charge on any atom is 0.421 e. The molecule has 86 valence electrons. The van der Waals surface area contributed by atoms with Crippen molar-refractivity contribution in [2.75, 3.05) is 5.73 Å². The Hall–Kier alpha value is -2.22. The van der Waals surface area contributed by atoms with Gasteiger partial charge in [-0.25, -0.2) is 9.78 Å². The quantitative estimate of drug-likeness (QED) is 0.708. The van der Waals surface area contributed by atoms with Crippen molar-refractivity contribution < 1.29 is 4.42 Å². The van der Waals surface area contributed by atoms with Gasteiger partial charge < -0.3 is 10.2 Å². The minimum Gasteiger partial charge on any atom is -0.406 e. The van der Waals surface area contributed by atoms with Crippen LogP contribution in [-0.4, -0.2) is 19.7 Å². The molecule has 0 aromatic carbocycles. The maximum atomic E-state index is 11.6. The zero-order valence-electron chi connectivity index (χ0n) is 8.53. The smallest absolute Gasteiger partial charge is 0.406 e. The van der Waals surface area contributed by atoms with Gasteiger partial charge in [0.15, 0.2) is 11.2 Å². The van der Waals surface area contributed by atoms with E-state index in [1.807, 2.05) is 0 Å². The molecule has 8 heteroatoms. The zero-order valence-corrected chi connectivity index (χ0v) is 9.35. The van der Waals surface area contributed by atoms with Crippen LogP contribution in [0, 0.1) is 0 Å². The van der Waals surface area contributed by atoms with E-state index in [1.54, 1.807) is 18.3 Å². The number of nitrogens with zero attached hydrogens (tertiary/aromatic N) is 4. The molecular weight excluding hydrogens is 242 g/mol. The van der Waals surface area contributed by atoms with Crippen molar-refractivity contribution in [3.05, 3.63) is 33.9 Å². The van der Waals surface area contributed by atoms with Gasteiger partial charge in [-0.15, -0.1) is 10.2 Å². The normalized spacial score (nSPS) is 11.1. The van der Waals surface area contributed by atoms with E-state index in [-0.39, 0.29) is 6.54 Å². The topological polar surface area (TPSA) is 99.8 Å². The first kappa shape index (κ1) is 9.97. The number of pyridine rings is 1.